The normalized spacial score (nSPS) is 10.3. The lowest BCUT2D eigenvalue weighted by molar-refractivity contribution is 0.356. The van der Waals surface area contributed by atoms with Crippen LogP contribution in [0.1, 0.15) is 6.92 Å². The van der Waals surface area contributed by atoms with Crippen molar-refractivity contribution in [2.24, 2.45) is 0 Å². The predicted molar refractivity (Wildman–Crippen MR) is 69.0 cm³/mol. The van der Waals surface area contributed by atoms with E-state index in [4.69, 9.17) is 9.47 Å². The van der Waals surface area contributed by atoms with Crippen LogP contribution in [0.4, 0.5) is 5.82 Å². The average Bonchev–Trinajstić information content (AvgIpc) is 2.38. The second kappa shape index (κ2) is 4.91. The summed E-state index contributed by atoms with van der Waals surface area (Å²) in [5.74, 6) is 2.31. The number of anilines is 1. The van der Waals surface area contributed by atoms with Crippen LogP contribution in [0.3, 0.4) is 0 Å². The minimum atomic E-state index is 0.715. The molecule has 2 aromatic rings. The average molecular weight is 232 g/mol. The van der Waals surface area contributed by atoms with E-state index in [1.165, 1.54) is 0 Å². The van der Waals surface area contributed by atoms with Crippen molar-refractivity contribution >= 4 is 16.6 Å². The van der Waals surface area contributed by atoms with E-state index in [9.17, 15) is 0 Å². The Labute approximate surface area is 101 Å². The van der Waals surface area contributed by atoms with Gasteiger partial charge in [-0.25, -0.2) is 4.98 Å². The summed E-state index contributed by atoms with van der Waals surface area (Å²) in [7, 11) is 3.27. The van der Waals surface area contributed by atoms with Gasteiger partial charge >= 0.3 is 0 Å². The van der Waals surface area contributed by atoms with Crippen molar-refractivity contribution in [3.8, 4) is 11.5 Å². The highest BCUT2D eigenvalue weighted by atomic mass is 16.5. The van der Waals surface area contributed by atoms with E-state index in [1.54, 1.807) is 20.4 Å². The van der Waals surface area contributed by atoms with Crippen LogP contribution in [0, 0.1) is 0 Å². The van der Waals surface area contributed by atoms with E-state index in [-0.39, 0.29) is 0 Å². The maximum atomic E-state index is 5.30. The summed E-state index contributed by atoms with van der Waals surface area (Å²) in [6.45, 7) is 2.88. The molecular formula is C13H16N2O2. The van der Waals surface area contributed by atoms with E-state index < -0.39 is 0 Å². The van der Waals surface area contributed by atoms with Crippen molar-refractivity contribution in [1.82, 2.24) is 4.98 Å². The maximum absolute atomic E-state index is 5.30. The number of hydrogen-bond donors (Lipinski definition) is 1. The standard InChI is InChI=1S/C13H16N2O2/c1-4-14-13-10-8-12(17-3)11(16-2)7-9(10)5-6-15-13/h5-8H,4H2,1-3H3,(H,14,15). The Morgan fingerprint density at radius 2 is 1.88 bits per heavy atom. The minimum Gasteiger partial charge on any atom is -0.493 e. The van der Waals surface area contributed by atoms with Crippen molar-refractivity contribution in [3.63, 3.8) is 0 Å². The lowest BCUT2D eigenvalue weighted by atomic mass is 10.1. The summed E-state index contributed by atoms with van der Waals surface area (Å²) < 4.78 is 10.6. The Balaban J connectivity index is 2.64. The molecule has 90 valence electrons. The number of rotatable bonds is 4. The van der Waals surface area contributed by atoms with Crippen LogP contribution in [0.25, 0.3) is 10.8 Å². The van der Waals surface area contributed by atoms with Crippen molar-refractivity contribution in [3.05, 3.63) is 24.4 Å². The number of pyridine rings is 1. The van der Waals surface area contributed by atoms with Gasteiger partial charge in [0.25, 0.3) is 0 Å². The van der Waals surface area contributed by atoms with Crippen LogP contribution in [-0.4, -0.2) is 25.7 Å². The smallest absolute Gasteiger partial charge is 0.161 e. The van der Waals surface area contributed by atoms with Gasteiger partial charge in [0.2, 0.25) is 0 Å². The van der Waals surface area contributed by atoms with Crippen LogP contribution in [-0.2, 0) is 0 Å². The number of ether oxygens (including phenoxy) is 2. The van der Waals surface area contributed by atoms with Gasteiger partial charge in [-0.3, -0.25) is 0 Å². The third-order valence-electron chi connectivity index (χ3n) is 2.61. The first-order valence-electron chi connectivity index (χ1n) is 5.54. The molecule has 0 amide bonds. The first-order chi connectivity index (χ1) is 8.30. The zero-order valence-corrected chi connectivity index (χ0v) is 10.3. The highest BCUT2D eigenvalue weighted by Crippen LogP contribution is 2.34. The third kappa shape index (κ3) is 2.11. The lowest BCUT2D eigenvalue weighted by Gasteiger charge is -2.11. The molecule has 0 saturated carbocycles. The van der Waals surface area contributed by atoms with Gasteiger partial charge in [-0.15, -0.1) is 0 Å². The van der Waals surface area contributed by atoms with Crippen LogP contribution in [0.15, 0.2) is 24.4 Å². The Bertz CT molecular complexity index is 526. The van der Waals surface area contributed by atoms with Crippen molar-refractivity contribution in [2.45, 2.75) is 6.92 Å². The molecule has 4 nitrogen and oxygen atoms in total. The van der Waals surface area contributed by atoms with Gasteiger partial charge < -0.3 is 14.8 Å². The molecule has 0 spiro atoms. The number of nitrogens with zero attached hydrogens (tertiary/aromatic N) is 1. The summed E-state index contributed by atoms with van der Waals surface area (Å²) in [6, 6.07) is 5.86. The Morgan fingerprint density at radius 1 is 1.18 bits per heavy atom. The molecule has 1 aromatic heterocycles. The minimum absolute atomic E-state index is 0.715. The number of hydrogen-bond acceptors (Lipinski definition) is 4. The van der Waals surface area contributed by atoms with Crippen molar-refractivity contribution < 1.29 is 9.47 Å². The molecule has 2 rings (SSSR count). The van der Waals surface area contributed by atoms with E-state index >= 15 is 0 Å². The number of methoxy groups -OCH3 is 2. The third-order valence-corrected chi connectivity index (χ3v) is 2.61. The van der Waals surface area contributed by atoms with Gasteiger partial charge in [0.05, 0.1) is 14.2 Å². The Morgan fingerprint density at radius 3 is 2.53 bits per heavy atom. The van der Waals surface area contributed by atoms with Crippen LogP contribution < -0.4 is 14.8 Å². The fourth-order valence-corrected chi connectivity index (χ4v) is 1.81. The highest BCUT2D eigenvalue weighted by molar-refractivity contribution is 5.94. The zero-order chi connectivity index (χ0) is 12.3. The number of aromatic nitrogens is 1. The summed E-state index contributed by atoms with van der Waals surface area (Å²) in [4.78, 5) is 4.32. The molecule has 4 heteroatoms. The topological polar surface area (TPSA) is 43.4 Å². The van der Waals surface area contributed by atoms with E-state index in [1.807, 2.05) is 25.1 Å². The molecule has 0 saturated heterocycles. The van der Waals surface area contributed by atoms with E-state index in [2.05, 4.69) is 10.3 Å². The summed E-state index contributed by atoms with van der Waals surface area (Å²) in [5.41, 5.74) is 0. The quantitative estimate of drug-likeness (QED) is 0.880. The van der Waals surface area contributed by atoms with Gasteiger partial charge in [-0.1, -0.05) is 0 Å². The molecular weight excluding hydrogens is 216 g/mol. The maximum Gasteiger partial charge on any atom is 0.161 e. The molecule has 0 aliphatic carbocycles. The molecule has 0 aliphatic rings. The van der Waals surface area contributed by atoms with Gasteiger partial charge in [-0.2, -0.15) is 0 Å². The summed E-state index contributed by atoms with van der Waals surface area (Å²) in [5, 5.41) is 5.34. The monoisotopic (exact) mass is 232 g/mol. The largest absolute Gasteiger partial charge is 0.493 e. The molecule has 1 heterocycles. The molecule has 0 atom stereocenters. The number of benzene rings is 1. The second-order valence-electron chi connectivity index (χ2n) is 3.62. The Hall–Kier alpha value is -1.97. The second-order valence-corrected chi connectivity index (χ2v) is 3.62. The molecule has 0 unspecified atom stereocenters. The van der Waals surface area contributed by atoms with Gasteiger partial charge in [0.1, 0.15) is 5.82 Å². The van der Waals surface area contributed by atoms with Crippen LogP contribution >= 0.6 is 0 Å². The molecule has 0 fully saturated rings. The first-order valence-corrected chi connectivity index (χ1v) is 5.54. The molecule has 1 N–H and O–H groups in total. The molecule has 17 heavy (non-hydrogen) atoms. The lowest BCUT2D eigenvalue weighted by Crippen LogP contribution is -2.00. The van der Waals surface area contributed by atoms with Gasteiger partial charge in [0.15, 0.2) is 11.5 Å². The summed E-state index contributed by atoms with van der Waals surface area (Å²) in [6.07, 6.45) is 1.78. The Kier molecular flexibility index (Phi) is 3.32. The first kappa shape index (κ1) is 11.5. The number of fused-ring (bicyclic) bond motifs is 1. The van der Waals surface area contributed by atoms with Crippen LogP contribution in [0.2, 0.25) is 0 Å². The van der Waals surface area contributed by atoms with Gasteiger partial charge in [0, 0.05) is 18.1 Å². The molecule has 0 radical (unpaired) electrons. The predicted octanol–water partition coefficient (Wildman–Crippen LogP) is 2.68. The van der Waals surface area contributed by atoms with Crippen molar-refractivity contribution in [2.75, 3.05) is 26.1 Å². The zero-order valence-electron chi connectivity index (χ0n) is 10.3. The SMILES string of the molecule is CCNc1nccc2cc(OC)c(OC)cc12. The van der Waals surface area contributed by atoms with Crippen LogP contribution in [0.5, 0.6) is 11.5 Å². The molecule has 1 aromatic carbocycles. The van der Waals surface area contributed by atoms with E-state index in [0.717, 1.165) is 28.9 Å². The van der Waals surface area contributed by atoms with Crippen molar-refractivity contribution in [1.29, 1.82) is 0 Å². The number of nitrogens with one attached hydrogen (secondary N) is 1. The van der Waals surface area contributed by atoms with E-state index in [0.29, 0.717) is 5.75 Å². The van der Waals surface area contributed by atoms with Gasteiger partial charge in [-0.05, 0) is 30.5 Å². The molecule has 0 bridgehead atoms. The fourth-order valence-electron chi connectivity index (χ4n) is 1.81. The molecule has 0 aliphatic heterocycles. The highest BCUT2D eigenvalue weighted by Gasteiger charge is 2.08. The fraction of sp³-hybridized carbons (Fsp3) is 0.308. The summed E-state index contributed by atoms with van der Waals surface area (Å²) >= 11 is 0.